The predicted octanol–water partition coefficient (Wildman–Crippen LogP) is 3.84. The van der Waals surface area contributed by atoms with Crippen LogP contribution in [0.4, 0.5) is 0 Å². The summed E-state index contributed by atoms with van der Waals surface area (Å²) in [6.45, 7) is 6.74. The molecule has 1 N–H and O–H groups in total. The predicted molar refractivity (Wildman–Crippen MR) is 88.2 cm³/mol. The van der Waals surface area contributed by atoms with Crippen LogP contribution in [0.1, 0.15) is 37.0 Å². The Balaban J connectivity index is 2.15. The van der Waals surface area contributed by atoms with Crippen LogP contribution in [0.15, 0.2) is 18.2 Å². The van der Waals surface area contributed by atoms with Crippen molar-refractivity contribution in [3.8, 4) is 0 Å². The molecule has 0 spiro atoms. The van der Waals surface area contributed by atoms with Gasteiger partial charge < -0.3 is 10.2 Å². The van der Waals surface area contributed by atoms with Gasteiger partial charge in [0.15, 0.2) is 0 Å². The summed E-state index contributed by atoms with van der Waals surface area (Å²) in [5.41, 5.74) is 0.528. The topological polar surface area (TPSA) is 32.3 Å². The number of amides is 1. The summed E-state index contributed by atoms with van der Waals surface area (Å²) in [6, 6.07) is 5.43. The minimum atomic E-state index is -0.0148. The van der Waals surface area contributed by atoms with Crippen molar-refractivity contribution in [2.75, 3.05) is 19.6 Å². The lowest BCUT2D eigenvalue weighted by atomic mass is 10.1. The van der Waals surface area contributed by atoms with E-state index >= 15 is 0 Å². The Morgan fingerprint density at radius 2 is 2.19 bits per heavy atom. The van der Waals surface area contributed by atoms with Gasteiger partial charge in [0, 0.05) is 24.2 Å². The molecule has 0 bridgehead atoms. The number of rotatable bonds is 5. The van der Waals surface area contributed by atoms with Gasteiger partial charge in [-0.3, -0.25) is 4.79 Å². The third-order valence-corrected chi connectivity index (χ3v) is 4.19. The lowest BCUT2D eigenvalue weighted by Gasteiger charge is -2.28. The van der Waals surface area contributed by atoms with Gasteiger partial charge in [-0.25, -0.2) is 0 Å². The highest BCUT2D eigenvalue weighted by Crippen LogP contribution is 2.23. The zero-order chi connectivity index (χ0) is 15.4. The van der Waals surface area contributed by atoms with Gasteiger partial charge >= 0.3 is 0 Å². The van der Waals surface area contributed by atoms with Crippen LogP contribution in [0, 0.1) is 5.92 Å². The molecule has 0 saturated carbocycles. The van der Waals surface area contributed by atoms with Crippen LogP contribution < -0.4 is 5.32 Å². The van der Waals surface area contributed by atoms with Crippen molar-refractivity contribution in [3.63, 3.8) is 0 Å². The fourth-order valence-electron chi connectivity index (χ4n) is 2.69. The summed E-state index contributed by atoms with van der Waals surface area (Å²) < 4.78 is 0. The molecule has 1 amide bonds. The second-order valence-corrected chi connectivity index (χ2v) is 6.87. The van der Waals surface area contributed by atoms with Crippen molar-refractivity contribution < 1.29 is 4.79 Å². The van der Waals surface area contributed by atoms with Crippen molar-refractivity contribution >= 4 is 29.1 Å². The molecule has 1 fully saturated rings. The normalized spacial score (nSPS) is 18.2. The second kappa shape index (κ2) is 7.48. The maximum atomic E-state index is 12.8. The molecule has 116 valence electrons. The van der Waals surface area contributed by atoms with Gasteiger partial charge in [-0.05, 0) is 43.5 Å². The standard InChI is InChI=1S/C16H22Cl2N2O/c1-11(2)9-20(10-13-4-3-7-19-13)16(21)14-6-5-12(17)8-15(14)18/h5-6,8,11,13,19H,3-4,7,9-10H2,1-2H3. The molecule has 1 atom stereocenters. The Morgan fingerprint density at radius 3 is 2.76 bits per heavy atom. The molecule has 1 unspecified atom stereocenters. The average molecular weight is 329 g/mol. The second-order valence-electron chi connectivity index (χ2n) is 6.02. The Hall–Kier alpha value is -0.770. The maximum Gasteiger partial charge on any atom is 0.255 e. The summed E-state index contributed by atoms with van der Waals surface area (Å²) in [4.78, 5) is 14.7. The van der Waals surface area contributed by atoms with Crippen molar-refractivity contribution in [3.05, 3.63) is 33.8 Å². The molecular formula is C16H22Cl2N2O. The third-order valence-electron chi connectivity index (χ3n) is 3.64. The van der Waals surface area contributed by atoms with Crippen LogP contribution in [0.2, 0.25) is 10.0 Å². The highest BCUT2D eigenvalue weighted by molar-refractivity contribution is 6.36. The van der Waals surface area contributed by atoms with E-state index in [-0.39, 0.29) is 5.91 Å². The van der Waals surface area contributed by atoms with Gasteiger partial charge in [-0.2, -0.15) is 0 Å². The van der Waals surface area contributed by atoms with E-state index in [9.17, 15) is 4.79 Å². The van der Waals surface area contributed by atoms with Crippen LogP contribution >= 0.6 is 23.2 Å². The molecule has 0 aliphatic carbocycles. The van der Waals surface area contributed by atoms with Gasteiger partial charge in [-0.1, -0.05) is 37.0 Å². The first-order valence-electron chi connectivity index (χ1n) is 7.45. The zero-order valence-electron chi connectivity index (χ0n) is 12.5. The average Bonchev–Trinajstić information content (AvgIpc) is 2.89. The number of nitrogens with zero attached hydrogens (tertiary/aromatic N) is 1. The Kier molecular flexibility index (Phi) is 5.91. The number of benzene rings is 1. The SMILES string of the molecule is CC(C)CN(CC1CCCN1)C(=O)c1ccc(Cl)cc1Cl. The van der Waals surface area contributed by atoms with Crippen LogP contribution in [0.5, 0.6) is 0 Å². The van der Waals surface area contributed by atoms with Crippen LogP contribution in [0.25, 0.3) is 0 Å². The fraction of sp³-hybridized carbons (Fsp3) is 0.562. The van der Waals surface area contributed by atoms with Crippen molar-refractivity contribution in [2.45, 2.75) is 32.7 Å². The number of nitrogens with one attached hydrogen (secondary N) is 1. The van der Waals surface area contributed by atoms with E-state index in [0.29, 0.717) is 27.6 Å². The Morgan fingerprint density at radius 1 is 1.43 bits per heavy atom. The van der Waals surface area contributed by atoms with Crippen LogP contribution in [0.3, 0.4) is 0 Å². The molecule has 1 aliphatic rings. The summed E-state index contributed by atoms with van der Waals surface area (Å²) in [5.74, 6) is 0.403. The molecule has 2 rings (SSSR count). The van der Waals surface area contributed by atoms with Gasteiger partial charge in [0.2, 0.25) is 0 Å². The van der Waals surface area contributed by atoms with E-state index in [4.69, 9.17) is 23.2 Å². The van der Waals surface area contributed by atoms with E-state index in [2.05, 4.69) is 19.2 Å². The quantitative estimate of drug-likeness (QED) is 0.890. The van der Waals surface area contributed by atoms with E-state index < -0.39 is 0 Å². The summed E-state index contributed by atoms with van der Waals surface area (Å²) >= 11 is 12.1. The van der Waals surface area contributed by atoms with Gasteiger partial charge in [0.1, 0.15) is 0 Å². The molecule has 0 radical (unpaired) electrons. The van der Waals surface area contributed by atoms with Crippen LogP contribution in [-0.2, 0) is 0 Å². The van der Waals surface area contributed by atoms with Gasteiger partial charge in [-0.15, -0.1) is 0 Å². The van der Waals surface area contributed by atoms with Gasteiger partial charge in [0.05, 0.1) is 10.6 Å². The lowest BCUT2D eigenvalue weighted by Crippen LogP contribution is -2.43. The molecule has 1 heterocycles. The number of hydrogen-bond acceptors (Lipinski definition) is 2. The molecule has 1 aliphatic heterocycles. The summed E-state index contributed by atoms with van der Waals surface area (Å²) in [5, 5.41) is 4.41. The molecule has 1 saturated heterocycles. The summed E-state index contributed by atoms with van der Waals surface area (Å²) in [7, 11) is 0. The lowest BCUT2D eigenvalue weighted by molar-refractivity contribution is 0.0721. The molecular weight excluding hydrogens is 307 g/mol. The molecule has 21 heavy (non-hydrogen) atoms. The first-order valence-corrected chi connectivity index (χ1v) is 8.20. The smallest absolute Gasteiger partial charge is 0.255 e. The van der Waals surface area contributed by atoms with E-state index in [0.717, 1.165) is 26.1 Å². The molecule has 0 aromatic heterocycles. The molecule has 5 heteroatoms. The van der Waals surface area contributed by atoms with E-state index in [1.165, 1.54) is 6.42 Å². The number of carbonyl (C=O) groups is 1. The Bertz CT molecular complexity index is 499. The monoisotopic (exact) mass is 328 g/mol. The molecule has 1 aromatic carbocycles. The van der Waals surface area contributed by atoms with Crippen molar-refractivity contribution in [2.24, 2.45) is 5.92 Å². The van der Waals surface area contributed by atoms with Crippen LogP contribution in [-0.4, -0.2) is 36.5 Å². The first kappa shape index (κ1) is 16.6. The van der Waals surface area contributed by atoms with Crippen molar-refractivity contribution in [1.29, 1.82) is 0 Å². The largest absolute Gasteiger partial charge is 0.337 e. The van der Waals surface area contributed by atoms with Crippen molar-refractivity contribution in [1.82, 2.24) is 10.2 Å². The van der Waals surface area contributed by atoms with Gasteiger partial charge in [0.25, 0.3) is 5.91 Å². The minimum Gasteiger partial charge on any atom is -0.337 e. The highest BCUT2D eigenvalue weighted by Gasteiger charge is 2.24. The molecule has 1 aromatic rings. The van der Waals surface area contributed by atoms with E-state index in [1.54, 1.807) is 18.2 Å². The highest BCUT2D eigenvalue weighted by atomic mass is 35.5. The molecule has 3 nitrogen and oxygen atoms in total. The van der Waals surface area contributed by atoms with E-state index in [1.807, 2.05) is 4.90 Å². The zero-order valence-corrected chi connectivity index (χ0v) is 14.0. The number of halogens is 2. The summed E-state index contributed by atoms with van der Waals surface area (Å²) in [6.07, 6.45) is 2.30. The number of carbonyl (C=O) groups excluding carboxylic acids is 1. The number of hydrogen-bond donors (Lipinski definition) is 1. The Labute approximate surface area is 136 Å². The first-order chi connectivity index (χ1) is 9.97. The fourth-order valence-corrected chi connectivity index (χ4v) is 3.18. The third kappa shape index (κ3) is 4.60. The maximum absolute atomic E-state index is 12.8. The minimum absolute atomic E-state index is 0.0148.